The fourth-order valence-corrected chi connectivity index (χ4v) is 5.57. The highest BCUT2D eigenvalue weighted by molar-refractivity contribution is 7.89. The third kappa shape index (κ3) is 5.55. The average Bonchev–Trinajstić information content (AvgIpc) is 3.37. The quantitative estimate of drug-likeness (QED) is 0.449. The first-order chi connectivity index (χ1) is 16.8. The number of esters is 1. The molecule has 1 aromatic heterocycles. The van der Waals surface area contributed by atoms with Crippen LogP contribution in [-0.2, 0) is 26.0 Å². The molecule has 2 aromatic carbocycles. The molecular formula is C25H28N2O7S. The Balaban J connectivity index is 1.72. The minimum absolute atomic E-state index is 0.0556. The van der Waals surface area contributed by atoms with Gasteiger partial charge in [0.1, 0.15) is 5.75 Å². The van der Waals surface area contributed by atoms with E-state index in [1.54, 1.807) is 38.3 Å². The largest absolute Gasteiger partial charge is 0.497 e. The zero-order chi connectivity index (χ0) is 25.0. The van der Waals surface area contributed by atoms with Gasteiger partial charge in [0.05, 0.1) is 30.3 Å². The Morgan fingerprint density at radius 2 is 2.03 bits per heavy atom. The lowest BCUT2D eigenvalue weighted by molar-refractivity contribution is 0.0526. The van der Waals surface area contributed by atoms with Crippen molar-refractivity contribution >= 4 is 26.9 Å². The molecule has 0 bridgehead atoms. The Bertz CT molecular complexity index is 1380. The van der Waals surface area contributed by atoms with Crippen LogP contribution in [0.15, 0.2) is 58.2 Å². The lowest BCUT2D eigenvalue weighted by Crippen LogP contribution is -2.38. The third-order valence-electron chi connectivity index (χ3n) is 5.89. The molecule has 1 atom stereocenters. The van der Waals surface area contributed by atoms with Gasteiger partial charge in [-0.3, -0.25) is 4.79 Å². The minimum atomic E-state index is -4.07. The number of pyridine rings is 1. The van der Waals surface area contributed by atoms with Crippen LogP contribution in [0.3, 0.4) is 0 Å². The van der Waals surface area contributed by atoms with Crippen molar-refractivity contribution in [2.45, 2.75) is 37.3 Å². The van der Waals surface area contributed by atoms with Crippen molar-refractivity contribution in [1.82, 2.24) is 9.29 Å². The molecule has 0 saturated carbocycles. The van der Waals surface area contributed by atoms with E-state index < -0.39 is 16.0 Å². The summed E-state index contributed by atoms with van der Waals surface area (Å²) in [7, 11) is -2.52. The van der Waals surface area contributed by atoms with Crippen LogP contribution < -0.4 is 10.3 Å². The van der Waals surface area contributed by atoms with Crippen LogP contribution in [0, 0.1) is 0 Å². The maximum absolute atomic E-state index is 13.7. The molecule has 186 valence electrons. The van der Waals surface area contributed by atoms with E-state index in [1.165, 1.54) is 28.6 Å². The van der Waals surface area contributed by atoms with Gasteiger partial charge in [-0.05, 0) is 62.2 Å². The maximum Gasteiger partial charge on any atom is 0.338 e. The summed E-state index contributed by atoms with van der Waals surface area (Å²) in [4.78, 5) is 27.8. The fourth-order valence-electron chi connectivity index (χ4n) is 4.07. The Morgan fingerprint density at radius 3 is 2.74 bits per heavy atom. The lowest BCUT2D eigenvalue weighted by atomic mass is 10.1. The van der Waals surface area contributed by atoms with Crippen LogP contribution in [0.2, 0.25) is 0 Å². The van der Waals surface area contributed by atoms with Gasteiger partial charge in [0.25, 0.3) is 5.56 Å². The van der Waals surface area contributed by atoms with Gasteiger partial charge >= 0.3 is 5.97 Å². The van der Waals surface area contributed by atoms with E-state index in [4.69, 9.17) is 14.2 Å². The predicted molar refractivity (Wildman–Crippen MR) is 130 cm³/mol. The number of benzene rings is 2. The summed E-state index contributed by atoms with van der Waals surface area (Å²) in [5, 5.41) is 0.720. The Labute approximate surface area is 203 Å². The minimum Gasteiger partial charge on any atom is -0.497 e. The van der Waals surface area contributed by atoms with E-state index in [2.05, 4.69) is 4.98 Å². The fraction of sp³-hybridized carbons (Fsp3) is 0.360. The van der Waals surface area contributed by atoms with E-state index in [0.29, 0.717) is 17.9 Å². The van der Waals surface area contributed by atoms with Gasteiger partial charge in [-0.15, -0.1) is 0 Å². The molecule has 4 rings (SSSR count). The number of aromatic nitrogens is 1. The summed E-state index contributed by atoms with van der Waals surface area (Å²) in [6.45, 7) is 2.35. The highest BCUT2D eigenvalue weighted by Gasteiger charge is 2.30. The van der Waals surface area contributed by atoms with E-state index in [9.17, 15) is 18.0 Å². The number of rotatable bonds is 9. The van der Waals surface area contributed by atoms with Crippen LogP contribution in [-0.4, -0.2) is 56.6 Å². The summed E-state index contributed by atoms with van der Waals surface area (Å²) in [6.07, 6.45) is 1.28. The number of nitrogens with one attached hydrogen (secondary N) is 1. The summed E-state index contributed by atoms with van der Waals surface area (Å²) in [5.74, 6) is 0.0188. The summed E-state index contributed by atoms with van der Waals surface area (Å²) < 4.78 is 44.7. The number of aromatic amines is 1. The normalized spacial score (nSPS) is 16.0. The van der Waals surface area contributed by atoms with E-state index in [0.717, 1.165) is 18.2 Å². The number of nitrogens with zero attached hydrogens (tertiary/aromatic N) is 1. The van der Waals surface area contributed by atoms with Gasteiger partial charge in [-0.2, -0.15) is 4.31 Å². The monoisotopic (exact) mass is 500 g/mol. The summed E-state index contributed by atoms with van der Waals surface area (Å²) in [6, 6.07) is 12.6. The van der Waals surface area contributed by atoms with Crippen molar-refractivity contribution in [2.75, 3.05) is 26.9 Å². The molecule has 1 aliphatic heterocycles. The molecular weight excluding hydrogens is 472 g/mol. The number of ether oxygens (including phenoxy) is 3. The van der Waals surface area contributed by atoms with Gasteiger partial charge in [-0.1, -0.05) is 6.07 Å². The molecule has 1 aliphatic rings. The van der Waals surface area contributed by atoms with Crippen molar-refractivity contribution in [3.8, 4) is 5.75 Å². The van der Waals surface area contributed by atoms with E-state index in [1.807, 2.05) is 0 Å². The number of sulfonamides is 1. The number of hydrogen-bond donors (Lipinski definition) is 1. The molecule has 0 spiro atoms. The Kier molecular flexibility index (Phi) is 7.54. The van der Waals surface area contributed by atoms with Crippen LogP contribution in [0.1, 0.15) is 35.7 Å². The molecule has 35 heavy (non-hydrogen) atoms. The zero-order valence-electron chi connectivity index (χ0n) is 19.7. The first kappa shape index (κ1) is 24.9. The number of hydrogen-bond acceptors (Lipinski definition) is 7. The molecule has 2 heterocycles. The second-order valence-electron chi connectivity index (χ2n) is 8.26. The Hall–Kier alpha value is -3.21. The molecule has 0 unspecified atom stereocenters. The first-order valence-electron chi connectivity index (χ1n) is 11.4. The Morgan fingerprint density at radius 1 is 1.20 bits per heavy atom. The van der Waals surface area contributed by atoms with Gasteiger partial charge in [-0.25, -0.2) is 13.2 Å². The van der Waals surface area contributed by atoms with Crippen molar-refractivity contribution in [1.29, 1.82) is 0 Å². The number of methoxy groups -OCH3 is 1. The highest BCUT2D eigenvalue weighted by atomic mass is 32.2. The number of carbonyl (C=O) groups is 1. The molecule has 9 nitrogen and oxygen atoms in total. The van der Waals surface area contributed by atoms with Gasteiger partial charge < -0.3 is 19.2 Å². The van der Waals surface area contributed by atoms with Crippen LogP contribution in [0.25, 0.3) is 10.9 Å². The number of H-pyrrole nitrogens is 1. The second kappa shape index (κ2) is 10.6. The standard InChI is InChI=1S/C25H28N2O7S/c1-3-33-25(29)17-6-4-8-22(14-17)35(30,31)27(16-21-7-5-11-34-21)15-19-12-18-13-20(32-2)9-10-23(18)26-24(19)28/h4,6,8-10,12-14,21H,3,5,7,11,15-16H2,1-2H3,(H,26,28)/t21-/m0/s1. The van der Waals surface area contributed by atoms with Crippen LogP contribution >= 0.6 is 0 Å². The molecule has 0 aliphatic carbocycles. The molecule has 0 radical (unpaired) electrons. The average molecular weight is 501 g/mol. The van der Waals surface area contributed by atoms with Gasteiger partial charge in [0.15, 0.2) is 0 Å². The summed E-state index contributed by atoms with van der Waals surface area (Å²) in [5.41, 5.74) is 0.667. The molecule has 1 fully saturated rings. The SMILES string of the molecule is CCOC(=O)c1cccc(S(=O)(=O)N(Cc2cc3cc(OC)ccc3[nH]c2=O)C[C@@H]2CCCO2)c1. The van der Waals surface area contributed by atoms with Gasteiger partial charge in [0.2, 0.25) is 10.0 Å². The van der Waals surface area contributed by atoms with Gasteiger partial charge in [0, 0.05) is 36.2 Å². The molecule has 0 amide bonds. The maximum atomic E-state index is 13.7. The number of fused-ring (bicyclic) bond motifs is 1. The second-order valence-corrected chi connectivity index (χ2v) is 10.2. The van der Waals surface area contributed by atoms with E-state index >= 15 is 0 Å². The van der Waals surface area contributed by atoms with E-state index in [-0.39, 0.29) is 47.4 Å². The van der Waals surface area contributed by atoms with Crippen LogP contribution in [0.5, 0.6) is 5.75 Å². The number of carbonyl (C=O) groups excluding carboxylic acids is 1. The highest BCUT2D eigenvalue weighted by Crippen LogP contribution is 2.24. The van der Waals surface area contributed by atoms with Crippen molar-refractivity contribution in [3.05, 3.63) is 70.0 Å². The molecule has 10 heteroatoms. The van der Waals surface area contributed by atoms with Crippen molar-refractivity contribution in [3.63, 3.8) is 0 Å². The zero-order valence-corrected chi connectivity index (χ0v) is 20.5. The molecule has 1 saturated heterocycles. The first-order valence-corrected chi connectivity index (χ1v) is 12.8. The predicted octanol–water partition coefficient (Wildman–Crippen LogP) is 3.08. The van der Waals surface area contributed by atoms with Crippen molar-refractivity contribution < 1.29 is 27.4 Å². The molecule has 1 N–H and O–H groups in total. The third-order valence-corrected chi connectivity index (χ3v) is 7.70. The lowest BCUT2D eigenvalue weighted by Gasteiger charge is -2.25. The topological polar surface area (TPSA) is 115 Å². The molecule has 3 aromatic rings. The smallest absolute Gasteiger partial charge is 0.338 e. The summed E-state index contributed by atoms with van der Waals surface area (Å²) >= 11 is 0. The van der Waals surface area contributed by atoms with Crippen LogP contribution in [0.4, 0.5) is 0 Å². The van der Waals surface area contributed by atoms with Crippen molar-refractivity contribution in [2.24, 2.45) is 0 Å².